The fourth-order valence-electron chi connectivity index (χ4n) is 1.61. The van der Waals surface area contributed by atoms with Gasteiger partial charge < -0.3 is 5.32 Å². The molecule has 0 saturated heterocycles. The Morgan fingerprint density at radius 1 is 1.39 bits per heavy atom. The van der Waals surface area contributed by atoms with E-state index < -0.39 is 0 Å². The predicted octanol–water partition coefficient (Wildman–Crippen LogP) is 2.35. The van der Waals surface area contributed by atoms with Gasteiger partial charge in [0.05, 0.1) is 6.20 Å². The van der Waals surface area contributed by atoms with Gasteiger partial charge in [-0.1, -0.05) is 18.5 Å². The van der Waals surface area contributed by atoms with Gasteiger partial charge in [-0.15, -0.1) is 0 Å². The summed E-state index contributed by atoms with van der Waals surface area (Å²) in [5.41, 5.74) is 1.97. The molecule has 0 fully saturated rings. The van der Waals surface area contributed by atoms with Gasteiger partial charge in [0.1, 0.15) is 16.8 Å². The summed E-state index contributed by atoms with van der Waals surface area (Å²) in [5.74, 6) is 1.54. The van der Waals surface area contributed by atoms with Gasteiger partial charge in [-0.05, 0) is 6.92 Å². The molecule has 0 saturated carbocycles. The number of nitrogens with zero attached hydrogens (tertiary/aromatic N) is 4. The average molecular weight is 266 g/mol. The van der Waals surface area contributed by atoms with Crippen molar-refractivity contribution in [3.8, 4) is 0 Å². The Labute approximate surface area is 111 Å². The number of anilines is 1. The molecule has 2 heterocycles. The quantitative estimate of drug-likeness (QED) is 0.862. The normalized spacial score (nSPS) is 10.7. The fraction of sp³-hybridized carbons (Fsp3) is 0.417. The van der Waals surface area contributed by atoms with Crippen LogP contribution < -0.4 is 5.32 Å². The van der Waals surface area contributed by atoms with Gasteiger partial charge in [-0.3, -0.25) is 4.68 Å². The Bertz CT molecular complexity index is 549. The zero-order valence-electron chi connectivity index (χ0n) is 10.7. The minimum absolute atomic E-state index is 0.510. The van der Waals surface area contributed by atoms with Crippen molar-refractivity contribution in [3.63, 3.8) is 0 Å². The van der Waals surface area contributed by atoms with Crippen molar-refractivity contribution in [1.82, 2.24) is 19.7 Å². The highest BCUT2D eigenvalue weighted by molar-refractivity contribution is 6.30. The molecule has 0 atom stereocenters. The Morgan fingerprint density at radius 2 is 2.17 bits per heavy atom. The molecule has 0 aromatic carbocycles. The third kappa shape index (κ3) is 2.79. The van der Waals surface area contributed by atoms with E-state index in [0.29, 0.717) is 11.7 Å². The summed E-state index contributed by atoms with van der Waals surface area (Å²) >= 11 is 6.08. The molecule has 5 nitrogen and oxygen atoms in total. The molecule has 2 aromatic heterocycles. The molecule has 2 aromatic rings. The molecule has 0 unspecified atom stereocenters. The van der Waals surface area contributed by atoms with E-state index in [1.807, 2.05) is 33.3 Å². The summed E-state index contributed by atoms with van der Waals surface area (Å²) in [6.45, 7) is 4.59. The van der Waals surface area contributed by atoms with Crippen molar-refractivity contribution >= 4 is 17.4 Å². The van der Waals surface area contributed by atoms with Crippen molar-refractivity contribution < 1.29 is 0 Å². The summed E-state index contributed by atoms with van der Waals surface area (Å²) in [6, 6.07) is 0. The van der Waals surface area contributed by atoms with E-state index in [0.717, 1.165) is 29.2 Å². The summed E-state index contributed by atoms with van der Waals surface area (Å²) in [6.07, 6.45) is 4.55. The molecule has 0 aliphatic carbocycles. The van der Waals surface area contributed by atoms with Gasteiger partial charge >= 0.3 is 0 Å². The van der Waals surface area contributed by atoms with Crippen molar-refractivity contribution in [2.24, 2.45) is 7.05 Å². The van der Waals surface area contributed by atoms with Crippen LogP contribution in [0.3, 0.4) is 0 Å². The van der Waals surface area contributed by atoms with Gasteiger partial charge in [0, 0.05) is 37.3 Å². The van der Waals surface area contributed by atoms with E-state index in [1.165, 1.54) is 0 Å². The Balaban J connectivity index is 2.15. The summed E-state index contributed by atoms with van der Waals surface area (Å²) in [4.78, 5) is 8.65. The second-order valence-corrected chi connectivity index (χ2v) is 4.49. The molecule has 0 radical (unpaired) electrons. The maximum absolute atomic E-state index is 6.08. The van der Waals surface area contributed by atoms with E-state index in [1.54, 1.807) is 4.68 Å². The first-order chi connectivity index (χ1) is 8.60. The Hall–Kier alpha value is -1.62. The zero-order valence-corrected chi connectivity index (χ0v) is 11.5. The molecule has 0 spiro atoms. The lowest BCUT2D eigenvalue weighted by atomic mass is 10.3. The van der Waals surface area contributed by atoms with Crippen molar-refractivity contribution in [2.75, 3.05) is 5.32 Å². The fourth-order valence-corrected chi connectivity index (χ4v) is 1.80. The highest BCUT2D eigenvalue weighted by atomic mass is 35.5. The Kier molecular flexibility index (Phi) is 3.81. The van der Waals surface area contributed by atoms with Gasteiger partial charge in [0.2, 0.25) is 0 Å². The minimum Gasteiger partial charge on any atom is -0.366 e. The van der Waals surface area contributed by atoms with Gasteiger partial charge in [0.15, 0.2) is 0 Å². The van der Waals surface area contributed by atoms with Crippen molar-refractivity contribution in [2.45, 2.75) is 26.8 Å². The van der Waals surface area contributed by atoms with Gasteiger partial charge in [-0.2, -0.15) is 5.10 Å². The van der Waals surface area contributed by atoms with Crippen LogP contribution >= 0.6 is 11.6 Å². The minimum atomic E-state index is 0.510. The lowest BCUT2D eigenvalue weighted by Gasteiger charge is -2.10. The third-order valence-electron chi connectivity index (χ3n) is 2.67. The van der Waals surface area contributed by atoms with Crippen LogP contribution in [0.2, 0.25) is 5.15 Å². The molecule has 96 valence electrons. The number of hydrogen-bond donors (Lipinski definition) is 1. The summed E-state index contributed by atoms with van der Waals surface area (Å²) in [7, 11) is 1.89. The maximum atomic E-state index is 6.08. The second-order valence-electron chi connectivity index (χ2n) is 4.13. The number of aryl methyl sites for hydroxylation is 2. The molecule has 0 aliphatic heterocycles. The SMILES string of the molecule is CCc1nc(Cl)c(C)c(NCc2cnn(C)c2)n1. The standard InChI is InChI=1S/C12H16ClN5/c1-4-10-16-11(13)8(2)12(17-10)14-5-9-6-15-18(3)7-9/h6-7H,4-5H2,1-3H3,(H,14,16,17). The first kappa shape index (κ1) is 12.8. The van der Waals surface area contributed by atoms with E-state index >= 15 is 0 Å². The summed E-state index contributed by atoms with van der Waals surface area (Å²) < 4.78 is 1.77. The lowest BCUT2D eigenvalue weighted by molar-refractivity contribution is 0.767. The largest absolute Gasteiger partial charge is 0.366 e. The lowest BCUT2D eigenvalue weighted by Crippen LogP contribution is -2.06. The Morgan fingerprint density at radius 3 is 2.78 bits per heavy atom. The molecule has 0 aliphatic rings. The highest BCUT2D eigenvalue weighted by Gasteiger charge is 2.08. The summed E-state index contributed by atoms with van der Waals surface area (Å²) in [5, 5.41) is 7.90. The molecule has 2 rings (SSSR count). The van der Waals surface area contributed by atoms with E-state index in [2.05, 4.69) is 20.4 Å². The first-order valence-corrected chi connectivity index (χ1v) is 6.22. The van der Waals surface area contributed by atoms with Crippen LogP contribution in [-0.4, -0.2) is 19.7 Å². The number of hydrogen-bond acceptors (Lipinski definition) is 4. The van der Waals surface area contributed by atoms with Crippen molar-refractivity contribution in [1.29, 1.82) is 0 Å². The molecule has 0 bridgehead atoms. The van der Waals surface area contributed by atoms with E-state index in [4.69, 9.17) is 11.6 Å². The molecular weight excluding hydrogens is 250 g/mol. The number of rotatable bonds is 4. The monoisotopic (exact) mass is 265 g/mol. The van der Waals surface area contributed by atoms with Gasteiger partial charge in [-0.25, -0.2) is 9.97 Å². The van der Waals surface area contributed by atoms with Crippen LogP contribution in [-0.2, 0) is 20.0 Å². The average Bonchev–Trinajstić information content (AvgIpc) is 2.77. The predicted molar refractivity (Wildman–Crippen MR) is 71.7 cm³/mol. The van der Waals surface area contributed by atoms with Crippen LogP contribution in [0, 0.1) is 6.92 Å². The molecule has 0 amide bonds. The third-order valence-corrected chi connectivity index (χ3v) is 3.04. The van der Waals surface area contributed by atoms with Gasteiger partial charge in [0.25, 0.3) is 0 Å². The van der Waals surface area contributed by atoms with Crippen molar-refractivity contribution in [3.05, 3.63) is 34.5 Å². The van der Waals surface area contributed by atoms with Crippen LogP contribution in [0.1, 0.15) is 23.9 Å². The highest BCUT2D eigenvalue weighted by Crippen LogP contribution is 2.20. The maximum Gasteiger partial charge on any atom is 0.137 e. The first-order valence-electron chi connectivity index (χ1n) is 5.84. The number of nitrogens with one attached hydrogen (secondary N) is 1. The molecular formula is C12H16ClN5. The van der Waals surface area contributed by atoms with E-state index in [9.17, 15) is 0 Å². The van der Waals surface area contributed by atoms with Crippen LogP contribution in [0.4, 0.5) is 5.82 Å². The van der Waals surface area contributed by atoms with Crippen LogP contribution in [0.5, 0.6) is 0 Å². The number of halogens is 1. The zero-order chi connectivity index (χ0) is 13.1. The van der Waals surface area contributed by atoms with Crippen LogP contribution in [0.15, 0.2) is 12.4 Å². The smallest absolute Gasteiger partial charge is 0.137 e. The van der Waals surface area contributed by atoms with Crippen LogP contribution in [0.25, 0.3) is 0 Å². The molecule has 6 heteroatoms. The molecule has 1 N–H and O–H groups in total. The van der Waals surface area contributed by atoms with E-state index in [-0.39, 0.29) is 0 Å². The number of aromatic nitrogens is 4. The topological polar surface area (TPSA) is 55.6 Å². The second kappa shape index (κ2) is 5.35. The molecule has 18 heavy (non-hydrogen) atoms.